The van der Waals surface area contributed by atoms with Crippen molar-refractivity contribution in [1.29, 1.82) is 0 Å². The van der Waals surface area contributed by atoms with Gasteiger partial charge in [0.05, 0.1) is 12.2 Å². The maximum Gasteiger partial charge on any atom is 0.469 e. The summed E-state index contributed by atoms with van der Waals surface area (Å²) in [5.74, 6) is -5.11. The van der Waals surface area contributed by atoms with E-state index in [9.17, 15) is 29.4 Å². The van der Waals surface area contributed by atoms with Crippen molar-refractivity contribution in [2.75, 3.05) is 0 Å². The van der Waals surface area contributed by atoms with Crippen LogP contribution >= 0.6 is 7.82 Å². The van der Waals surface area contributed by atoms with Crippen molar-refractivity contribution in [1.82, 2.24) is 0 Å². The van der Waals surface area contributed by atoms with Crippen LogP contribution in [-0.4, -0.2) is 49.1 Å². The first-order valence-corrected chi connectivity index (χ1v) is 14.2. The predicted octanol–water partition coefficient (Wildman–Crippen LogP) is 3.86. The highest BCUT2D eigenvalue weighted by atomic mass is 31.2. The minimum atomic E-state index is -4.85. The Kier molecular flexibility index (Phi) is 6.84. The van der Waals surface area contributed by atoms with E-state index in [0.717, 1.165) is 0 Å². The second-order valence-corrected chi connectivity index (χ2v) is 13.4. The van der Waals surface area contributed by atoms with Crippen LogP contribution < -0.4 is 0 Å². The Morgan fingerprint density at radius 2 is 1.85 bits per heavy atom. The van der Waals surface area contributed by atoms with Crippen LogP contribution in [0.15, 0.2) is 0 Å². The molecule has 0 bridgehead atoms. The van der Waals surface area contributed by atoms with Gasteiger partial charge in [-0.05, 0) is 80.0 Å². The van der Waals surface area contributed by atoms with Gasteiger partial charge in [-0.2, -0.15) is 0 Å². The average molecular weight is 507 g/mol. The molecule has 0 spiro atoms. The van der Waals surface area contributed by atoms with Crippen molar-refractivity contribution in [2.45, 2.75) is 96.6 Å². The molecular formula is C24H40FO8P. The fourth-order valence-electron chi connectivity index (χ4n) is 8.96. The summed E-state index contributed by atoms with van der Waals surface area (Å²) in [6, 6.07) is 0. The summed E-state index contributed by atoms with van der Waals surface area (Å²) < 4.78 is 33.6. The predicted molar refractivity (Wildman–Crippen MR) is 121 cm³/mol. The van der Waals surface area contributed by atoms with Gasteiger partial charge in [-0.15, -0.1) is 0 Å². The van der Waals surface area contributed by atoms with E-state index in [2.05, 4.69) is 6.92 Å². The number of aliphatic hydroxyl groups excluding tert-OH is 1. The Hall–Kier alpha value is -0.570. The van der Waals surface area contributed by atoms with Gasteiger partial charge in [0.2, 0.25) is 5.85 Å². The van der Waals surface area contributed by atoms with Gasteiger partial charge >= 0.3 is 13.8 Å². The molecule has 196 valence electrons. The fraction of sp³-hybridized carbons (Fsp3) is 0.958. The number of halogens is 1. The van der Waals surface area contributed by atoms with E-state index >= 15 is 4.39 Å². The molecule has 11 unspecified atom stereocenters. The number of carbonyl (C=O) groups is 1. The van der Waals surface area contributed by atoms with Crippen LogP contribution in [0.1, 0.15) is 78.6 Å². The number of hydrogen-bond donors (Lipinski definition) is 5. The number of aliphatic carboxylic acids is 1. The Morgan fingerprint density at radius 1 is 1.18 bits per heavy atom. The Bertz CT molecular complexity index is 847. The summed E-state index contributed by atoms with van der Waals surface area (Å²) >= 11 is 0. The maximum atomic E-state index is 16.1. The van der Waals surface area contributed by atoms with Crippen molar-refractivity contribution in [3.05, 3.63) is 0 Å². The summed E-state index contributed by atoms with van der Waals surface area (Å²) in [5.41, 5.74) is -1.18. The smallest absolute Gasteiger partial charge is 0.469 e. The Morgan fingerprint density at radius 3 is 2.47 bits per heavy atom. The van der Waals surface area contributed by atoms with E-state index in [4.69, 9.17) is 9.63 Å². The molecule has 4 aliphatic carbocycles. The first-order chi connectivity index (χ1) is 15.6. The second kappa shape index (κ2) is 8.77. The first kappa shape index (κ1) is 26.5. The molecule has 10 heteroatoms. The topological polar surface area (TPSA) is 145 Å². The molecule has 0 saturated heterocycles. The highest BCUT2D eigenvalue weighted by Crippen LogP contribution is 2.71. The van der Waals surface area contributed by atoms with Gasteiger partial charge in [-0.25, -0.2) is 8.96 Å². The standard InChI is InChI=1S/C24H40FO8P/c1-13(4-7-20(27)28)16-5-6-17-21-18(11-19(23(16,17)3)33-34(30,31)32)22(2)9-8-15(26)10-14(22)12-24(21,25)29/h13-19,21,26,29H,4-12H2,1-3H3,(H,27,28)(H2,30,31,32). The summed E-state index contributed by atoms with van der Waals surface area (Å²) in [6.07, 6.45) is 2.13. The van der Waals surface area contributed by atoms with Crippen LogP contribution in [0.3, 0.4) is 0 Å². The number of hydrogen-bond acceptors (Lipinski definition) is 5. The Balaban J connectivity index is 1.75. The van der Waals surface area contributed by atoms with Gasteiger partial charge < -0.3 is 25.1 Å². The van der Waals surface area contributed by atoms with Crippen LogP contribution in [0.2, 0.25) is 0 Å². The molecule has 0 aromatic rings. The molecular weight excluding hydrogens is 466 g/mol. The highest BCUT2D eigenvalue weighted by molar-refractivity contribution is 7.46. The number of carboxylic acids is 1. The molecule has 8 nitrogen and oxygen atoms in total. The summed E-state index contributed by atoms with van der Waals surface area (Å²) in [6.45, 7) is 5.93. The molecule has 4 saturated carbocycles. The van der Waals surface area contributed by atoms with Crippen LogP contribution in [-0.2, 0) is 13.9 Å². The van der Waals surface area contributed by atoms with Gasteiger partial charge in [-0.3, -0.25) is 9.32 Å². The number of carboxylic acid groups (broad SMARTS) is 1. The normalized spacial score (nSPS) is 49.6. The largest absolute Gasteiger partial charge is 0.481 e. The number of rotatable bonds is 6. The van der Waals surface area contributed by atoms with Crippen LogP contribution in [0, 0.1) is 46.3 Å². The van der Waals surface area contributed by atoms with Crippen molar-refractivity contribution in [3.8, 4) is 0 Å². The lowest BCUT2D eigenvalue weighted by Crippen LogP contribution is -2.65. The number of alkyl halides is 1. The molecule has 0 radical (unpaired) electrons. The van der Waals surface area contributed by atoms with Crippen molar-refractivity contribution < 1.29 is 43.4 Å². The lowest BCUT2D eigenvalue weighted by atomic mass is 9.42. The molecule has 0 aliphatic heterocycles. The summed E-state index contributed by atoms with van der Waals surface area (Å²) in [5, 5.41) is 30.6. The third-order valence-electron chi connectivity index (χ3n) is 10.6. The van der Waals surface area contributed by atoms with Gasteiger partial charge in [0.1, 0.15) is 0 Å². The summed E-state index contributed by atoms with van der Waals surface area (Å²) in [7, 11) is -4.85. The second-order valence-electron chi connectivity index (χ2n) is 12.2. The molecule has 34 heavy (non-hydrogen) atoms. The molecule has 4 fully saturated rings. The minimum absolute atomic E-state index is 0.0103. The molecule has 4 aliphatic rings. The SMILES string of the molecule is CC(CCC(=O)O)C1CCC2C3C(CC(OP(=O)(O)O)C12C)C1(C)CCC(O)CC1CC3(O)F. The summed E-state index contributed by atoms with van der Waals surface area (Å²) in [4.78, 5) is 30.8. The van der Waals surface area contributed by atoms with E-state index < -0.39 is 43.2 Å². The van der Waals surface area contributed by atoms with Gasteiger partial charge in [-0.1, -0.05) is 20.8 Å². The lowest BCUT2D eigenvalue weighted by molar-refractivity contribution is -0.283. The third-order valence-corrected chi connectivity index (χ3v) is 11.1. The minimum Gasteiger partial charge on any atom is -0.481 e. The fourth-order valence-corrected chi connectivity index (χ4v) is 9.61. The maximum absolute atomic E-state index is 16.1. The number of phosphoric ester groups is 1. The average Bonchev–Trinajstić information content (AvgIpc) is 3.05. The van der Waals surface area contributed by atoms with Crippen LogP contribution in [0.25, 0.3) is 0 Å². The molecule has 0 heterocycles. The quantitative estimate of drug-likeness (QED) is 0.342. The van der Waals surface area contributed by atoms with E-state index in [1.54, 1.807) is 0 Å². The third kappa shape index (κ3) is 4.39. The molecule has 5 N–H and O–H groups in total. The van der Waals surface area contributed by atoms with Crippen molar-refractivity contribution in [3.63, 3.8) is 0 Å². The van der Waals surface area contributed by atoms with E-state index in [-0.39, 0.29) is 54.3 Å². The number of aliphatic hydroxyl groups is 2. The van der Waals surface area contributed by atoms with Crippen molar-refractivity contribution in [2.24, 2.45) is 46.3 Å². The molecule has 11 atom stereocenters. The van der Waals surface area contributed by atoms with Crippen LogP contribution in [0.5, 0.6) is 0 Å². The zero-order valence-corrected chi connectivity index (χ0v) is 21.2. The van der Waals surface area contributed by atoms with Crippen LogP contribution in [0.4, 0.5) is 4.39 Å². The number of phosphoric acid groups is 1. The van der Waals surface area contributed by atoms with Crippen molar-refractivity contribution >= 4 is 13.8 Å². The van der Waals surface area contributed by atoms with Gasteiger partial charge in [0.25, 0.3) is 0 Å². The Labute approximate surface area is 200 Å². The van der Waals surface area contributed by atoms with E-state index in [0.29, 0.717) is 38.5 Å². The molecule has 0 aromatic carbocycles. The lowest BCUT2D eigenvalue weighted by Gasteiger charge is -2.65. The highest BCUT2D eigenvalue weighted by Gasteiger charge is 2.70. The zero-order valence-electron chi connectivity index (χ0n) is 20.3. The first-order valence-electron chi connectivity index (χ1n) is 12.6. The number of fused-ring (bicyclic) bond motifs is 5. The molecule has 4 rings (SSSR count). The van der Waals surface area contributed by atoms with Gasteiger partial charge in [0, 0.05) is 24.2 Å². The molecule has 0 amide bonds. The van der Waals surface area contributed by atoms with Gasteiger partial charge in [0.15, 0.2) is 0 Å². The van der Waals surface area contributed by atoms with E-state index in [1.165, 1.54) is 0 Å². The monoisotopic (exact) mass is 506 g/mol. The zero-order chi connectivity index (χ0) is 25.3. The molecule has 0 aromatic heterocycles. The van der Waals surface area contributed by atoms with E-state index in [1.807, 2.05) is 13.8 Å².